The van der Waals surface area contributed by atoms with Gasteiger partial charge in [-0.3, -0.25) is 0 Å². The van der Waals surface area contributed by atoms with Gasteiger partial charge in [0.1, 0.15) is 0 Å². The Labute approximate surface area is 118 Å². The predicted molar refractivity (Wildman–Crippen MR) is 83.4 cm³/mol. The number of benzene rings is 1. The fourth-order valence-electron chi connectivity index (χ4n) is 2.73. The number of nitrogen functional groups attached to an aromatic ring is 1. The molecule has 1 aliphatic rings. The molecule has 1 aromatic carbocycles. The molecule has 0 spiro atoms. The van der Waals surface area contributed by atoms with Crippen molar-refractivity contribution < 1.29 is 0 Å². The number of halogens is 1. The van der Waals surface area contributed by atoms with Gasteiger partial charge in [-0.1, -0.05) is 19.3 Å². The summed E-state index contributed by atoms with van der Waals surface area (Å²) in [6.07, 6.45) is 7.00. The van der Waals surface area contributed by atoms with E-state index in [1.165, 1.54) is 41.4 Å². The lowest BCUT2D eigenvalue weighted by molar-refractivity contribution is 0.362. The molecule has 0 aromatic heterocycles. The van der Waals surface area contributed by atoms with Crippen LogP contribution in [-0.2, 0) is 0 Å². The molecule has 94 valence electrons. The molecular formula is C14H21IN2. The van der Waals surface area contributed by atoms with E-state index in [-0.39, 0.29) is 0 Å². The molecule has 0 radical (unpaired) electrons. The monoisotopic (exact) mass is 344 g/mol. The fraction of sp³-hybridized carbons (Fsp3) is 0.571. The van der Waals surface area contributed by atoms with E-state index in [2.05, 4.69) is 46.7 Å². The molecule has 1 fully saturated rings. The van der Waals surface area contributed by atoms with E-state index in [1.807, 2.05) is 6.07 Å². The van der Waals surface area contributed by atoms with Crippen molar-refractivity contribution in [2.75, 3.05) is 24.2 Å². The van der Waals surface area contributed by atoms with E-state index >= 15 is 0 Å². The molecule has 1 aromatic rings. The largest absolute Gasteiger partial charge is 0.397 e. The maximum Gasteiger partial charge on any atom is 0.0598 e. The molecule has 0 atom stereocenters. The van der Waals surface area contributed by atoms with Crippen LogP contribution in [0.1, 0.15) is 32.1 Å². The predicted octanol–water partition coefficient (Wildman–Crippen LogP) is 3.89. The molecule has 3 heteroatoms. The van der Waals surface area contributed by atoms with Gasteiger partial charge in [0.05, 0.1) is 11.4 Å². The van der Waals surface area contributed by atoms with Gasteiger partial charge in [-0.2, -0.15) is 0 Å². The van der Waals surface area contributed by atoms with Gasteiger partial charge in [0.15, 0.2) is 0 Å². The van der Waals surface area contributed by atoms with Crippen LogP contribution in [-0.4, -0.2) is 13.6 Å². The molecule has 0 unspecified atom stereocenters. The molecule has 1 aliphatic carbocycles. The van der Waals surface area contributed by atoms with E-state index < -0.39 is 0 Å². The molecule has 0 aliphatic heterocycles. The van der Waals surface area contributed by atoms with Crippen LogP contribution in [0.5, 0.6) is 0 Å². The summed E-state index contributed by atoms with van der Waals surface area (Å²) in [5.41, 5.74) is 8.16. The van der Waals surface area contributed by atoms with E-state index in [0.29, 0.717) is 0 Å². The minimum atomic E-state index is 0.854. The zero-order chi connectivity index (χ0) is 12.3. The first-order valence-electron chi connectivity index (χ1n) is 6.43. The molecule has 2 nitrogen and oxygen atoms in total. The molecular weight excluding hydrogens is 323 g/mol. The summed E-state index contributed by atoms with van der Waals surface area (Å²) in [4.78, 5) is 2.32. The molecule has 2 N–H and O–H groups in total. The molecule has 0 saturated heterocycles. The second-order valence-electron chi connectivity index (χ2n) is 5.09. The van der Waals surface area contributed by atoms with Crippen molar-refractivity contribution in [2.45, 2.75) is 32.1 Å². The van der Waals surface area contributed by atoms with Crippen molar-refractivity contribution >= 4 is 34.0 Å². The number of hydrogen-bond acceptors (Lipinski definition) is 2. The quantitative estimate of drug-likeness (QED) is 0.666. The minimum Gasteiger partial charge on any atom is -0.397 e. The van der Waals surface area contributed by atoms with Crippen LogP contribution < -0.4 is 10.6 Å². The van der Waals surface area contributed by atoms with E-state index in [9.17, 15) is 0 Å². The lowest BCUT2D eigenvalue weighted by atomic mass is 9.89. The summed E-state index contributed by atoms with van der Waals surface area (Å²) in [6, 6.07) is 6.32. The van der Waals surface area contributed by atoms with Gasteiger partial charge < -0.3 is 10.6 Å². The summed E-state index contributed by atoms with van der Waals surface area (Å²) in [5.74, 6) is 0.854. The number of anilines is 2. The number of rotatable bonds is 3. The Morgan fingerprint density at radius 2 is 2.00 bits per heavy atom. The van der Waals surface area contributed by atoms with Crippen LogP contribution in [0, 0.1) is 9.49 Å². The lowest BCUT2D eigenvalue weighted by Gasteiger charge is -2.29. The van der Waals surface area contributed by atoms with Crippen molar-refractivity contribution in [3.8, 4) is 0 Å². The van der Waals surface area contributed by atoms with Gasteiger partial charge in [-0.15, -0.1) is 0 Å². The minimum absolute atomic E-state index is 0.854. The summed E-state index contributed by atoms with van der Waals surface area (Å²) in [6.45, 7) is 1.14. The molecule has 17 heavy (non-hydrogen) atoms. The van der Waals surface area contributed by atoms with E-state index in [4.69, 9.17) is 5.73 Å². The highest BCUT2D eigenvalue weighted by atomic mass is 127. The van der Waals surface area contributed by atoms with E-state index in [1.54, 1.807) is 0 Å². The van der Waals surface area contributed by atoms with E-state index in [0.717, 1.165) is 18.2 Å². The van der Waals surface area contributed by atoms with Crippen molar-refractivity contribution in [2.24, 2.45) is 5.92 Å². The summed E-state index contributed by atoms with van der Waals surface area (Å²) in [5, 5.41) is 0. The van der Waals surface area contributed by atoms with Crippen LogP contribution in [0.4, 0.5) is 11.4 Å². The number of nitrogens with two attached hydrogens (primary N) is 1. The zero-order valence-electron chi connectivity index (χ0n) is 10.5. The molecule has 0 amide bonds. The number of nitrogens with zero attached hydrogens (tertiary/aromatic N) is 1. The van der Waals surface area contributed by atoms with Crippen molar-refractivity contribution in [3.05, 3.63) is 21.8 Å². The molecule has 0 bridgehead atoms. The van der Waals surface area contributed by atoms with Crippen molar-refractivity contribution in [1.29, 1.82) is 0 Å². The first-order chi connectivity index (χ1) is 8.16. The molecule has 1 saturated carbocycles. The first-order valence-corrected chi connectivity index (χ1v) is 7.51. The van der Waals surface area contributed by atoms with Crippen LogP contribution in [0.15, 0.2) is 18.2 Å². The van der Waals surface area contributed by atoms with Gasteiger partial charge in [0.25, 0.3) is 0 Å². The maximum atomic E-state index is 6.08. The van der Waals surface area contributed by atoms with Crippen molar-refractivity contribution in [3.63, 3.8) is 0 Å². The summed E-state index contributed by atoms with van der Waals surface area (Å²) >= 11 is 2.30. The fourth-order valence-corrected chi connectivity index (χ4v) is 3.24. The summed E-state index contributed by atoms with van der Waals surface area (Å²) in [7, 11) is 2.16. The standard InChI is InChI=1S/C14H21IN2/c1-17(10-11-5-3-2-4-6-11)14-8-7-12(15)9-13(14)16/h7-9,11H,2-6,10,16H2,1H3. The molecule has 0 heterocycles. The highest BCUT2D eigenvalue weighted by Gasteiger charge is 2.16. The Hall–Kier alpha value is -0.450. The lowest BCUT2D eigenvalue weighted by Crippen LogP contribution is -2.27. The Morgan fingerprint density at radius 3 is 2.65 bits per heavy atom. The molecule has 2 rings (SSSR count). The number of hydrogen-bond donors (Lipinski definition) is 1. The second kappa shape index (κ2) is 5.94. The third kappa shape index (κ3) is 3.50. The third-order valence-corrected chi connectivity index (χ3v) is 4.33. The Morgan fingerprint density at radius 1 is 1.29 bits per heavy atom. The Balaban J connectivity index is 2.00. The third-order valence-electron chi connectivity index (χ3n) is 3.66. The average Bonchev–Trinajstić information content (AvgIpc) is 2.30. The average molecular weight is 344 g/mol. The zero-order valence-corrected chi connectivity index (χ0v) is 12.6. The van der Waals surface area contributed by atoms with Gasteiger partial charge in [-0.05, 0) is 59.5 Å². The summed E-state index contributed by atoms with van der Waals surface area (Å²) < 4.78 is 1.20. The van der Waals surface area contributed by atoms with Gasteiger partial charge in [0, 0.05) is 17.2 Å². The normalized spacial score (nSPS) is 17.1. The Kier molecular flexibility index (Phi) is 4.54. The smallest absolute Gasteiger partial charge is 0.0598 e. The first kappa shape index (κ1) is 13.0. The topological polar surface area (TPSA) is 29.3 Å². The van der Waals surface area contributed by atoms with Crippen LogP contribution in [0.2, 0.25) is 0 Å². The second-order valence-corrected chi connectivity index (χ2v) is 6.33. The van der Waals surface area contributed by atoms with Crippen LogP contribution in [0.25, 0.3) is 0 Å². The maximum absolute atomic E-state index is 6.08. The highest BCUT2D eigenvalue weighted by Crippen LogP contribution is 2.28. The van der Waals surface area contributed by atoms with Crippen LogP contribution >= 0.6 is 22.6 Å². The van der Waals surface area contributed by atoms with Crippen molar-refractivity contribution in [1.82, 2.24) is 0 Å². The SMILES string of the molecule is CN(CC1CCCCC1)c1ccc(I)cc1N. The highest BCUT2D eigenvalue weighted by molar-refractivity contribution is 14.1. The van der Waals surface area contributed by atoms with Crippen LogP contribution in [0.3, 0.4) is 0 Å². The van der Waals surface area contributed by atoms with Gasteiger partial charge >= 0.3 is 0 Å². The van der Waals surface area contributed by atoms with Gasteiger partial charge in [0.2, 0.25) is 0 Å². The van der Waals surface area contributed by atoms with Gasteiger partial charge in [-0.25, -0.2) is 0 Å². The Bertz CT molecular complexity index is 372.